The summed E-state index contributed by atoms with van der Waals surface area (Å²) in [5.41, 5.74) is 0.659. The minimum absolute atomic E-state index is 0.185. The van der Waals surface area contributed by atoms with E-state index in [1.54, 1.807) is 7.11 Å². The third kappa shape index (κ3) is 4.35. The maximum atomic E-state index is 5.96. The normalized spacial score (nSPS) is 12.1. The molecular weight excluding hydrogens is 262 g/mol. The Labute approximate surface area is 126 Å². The standard InChI is InChI=1S/C18H21NO2/c1-18(2,3)17(21-16-8-6-5-7-9-16)19-14-10-12-15(20-4)13-11-14/h5-13H,1-4H3. The van der Waals surface area contributed by atoms with Crippen LogP contribution in [0.4, 0.5) is 5.69 Å². The number of nitrogens with zero attached hydrogens (tertiary/aromatic N) is 1. The Morgan fingerprint density at radius 3 is 2.00 bits per heavy atom. The van der Waals surface area contributed by atoms with Crippen molar-refractivity contribution in [3.05, 3.63) is 54.6 Å². The van der Waals surface area contributed by atoms with Gasteiger partial charge in [0.15, 0.2) is 0 Å². The van der Waals surface area contributed by atoms with Crippen molar-refractivity contribution in [1.82, 2.24) is 0 Å². The summed E-state index contributed by atoms with van der Waals surface area (Å²) in [4.78, 5) is 4.64. The number of ether oxygens (including phenoxy) is 2. The Hall–Kier alpha value is -2.29. The largest absolute Gasteiger partial charge is 0.497 e. The van der Waals surface area contributed by atoms with Crippen LogP contribution in [-0.2, 0) is 0 Å². The van der Waals surface area contributed by atoms with Gasteiger partial charge in [0.1, 0.15) is 11.5 Å². The second-order valence-electron chi connectivity index (χ2n) is 5.78. The highest BCUT2D eigenvalue weighted by Gasteiger charge is 2.21. The quantitative estimate of drug-likeness (QED) is 0.595. The molecule has 21 heavy (non-hydrogen) atoms. The Bertz CT molecular complexity index is 595. The SMILES string of the molecule is COc1ccc(N=C(Oc2ccccc2)C(C)(C)C)cc1. The number of para-hydroxylation sites is 1. The summed E-state index contributed by atoms with van der Waals surface area (Å²) in [5.74, 6) is 2.29. The molecule has 0 saturated carbocycles. The molecule has 3 nitrogen and oxygen atoms in total. The maximum Gasteiger partial charge on any atom is 0.200 e. The average molecular weight is 283 g/mol. The molecule has 0 aliphatic carbocycles. The van der Waals surface area contributed by atoms with Crippen molar-refractivity contribution in [2.75, 3.05) is 7.11 Å². The molecule has 0 radical (unpaired) electrons. The van der Waals surface area contributed by atoms with E-state index in [0.717, 1.165) is 17.2 Å². The van der Waals surface area contributed by atoms with E-state index in [1.165, 1.54) is 0 Å². The topological polar surface area (TPSA) is 30.8 Å². The van der Waals surface area contributed by atoms with E-state index in [9.17, 15) is 0 Å². The highest BCUT2D eigenvalue weighted by atomic mass is 16.5. The van der Waals surface area contributed by atoms with Gasteiger partial charge in [-0.2, -0.15) is 0 Å². The van der Waals surface area contributed by atoms with Crippen LogP contribution in [0.2, 0.25) is 0 Å². The van der Waals surface area contributed by atoms with Crippen LogP contribution in [0.3, 0.4) is 0 Å². The number of hydrogen-bond donors (Lipinski definition) is 0. The van der Waals surface area contributed by atoms with Gasteiger partial charge in [-0.15, -0.1) is 0 Å². The molecule has 0 aromatic heterocycles. The number of aliphatic imine (C=N–C) groups is 1. The molecule has 0 atom stereocenters. The molecule has 0 N–H and O–H groups in total. The predicted molar refractivity (Wildman–Crippen MR) is 86.6 cm³/mol. The lowest BCUT2D eigenvalue weighted by Crippen LogP contribution is -2.26. The van der Waals surface area contributed by atoms with Crippen molar-refractivity contribution in [2.24, 2.45) is 10.4 Å². The highest BCUT2D eigenvalue weighted by molar-refractivity contribution is 5.86. The lowest BCUT2D eigenvalue weighted by molar-refractivity contribution is 0.414. The fourth-order valence-corrected chi connectivity index (χ4v) is 1.72. The van der Waals surface area contributed by atoms with Crippen molar-refractivity contribution < 1.29 is 9.47 Å². The number of rotatable bonds is 3. The zero-order valence-corrected chi connectivity index (χ0v) is 13.0. The summed E-state index contributed by atoms with van der Waals surface area (Å²) in [5, 5.41) is 0. The van der Waals surface area contributed by atoms with Crippen molar-refractivity contribution in [3.8, 4) is 11.5 Å². The molecule has 2 aromatic carbocycles. The van der Waals surface area contributed by atoms with Gasteiger partial charge >= 0.3 is 0 Å². The summed E-state index contributed by atoms with van der Waals surface area (Å²) in [6.45, 7) is 6.24. The maximum absolute atomic E-state index is 5.96. The zero-order valence-electron chi connectivity index (χ0n) is 13.0. The first-order chi connectivity index (χ1) is 9.99. The van der Waals surface area contributed by atoms with E-state index in [1.807, 2.05) is 54.6 Å². The molecule has 0 unspecified atom stereocenters. The van der Waals surface area contributed by atoms with Crippen LogP contribution in [0.15, 0.2) is 59.6 Å². The number of hydrogen-bond acceptors (Lipinski definition) is 3. The summed E-state index contributed by atoms with van der Waals surface area (Å²) in [7, 11) is 1.65. The average Bonchev–Trinajstić information content (AvgIpc) is 2.47. The molecule has 0 saturated heterocycles. The van der Waals surface area contributed by atoms with Gasteiger partial charge in [-0.05, 0) is 36.4 Å². The van der Waals surface area contributed by atoms with Crippen LogP contribution >= 0.6 is 0 Å². The fourth-order valence-electron chi connectivity index (χ4n) is 1.72. The van der Waals surface area contributed by atoms with E-state index in [2.05, 4.69) is 25.8 Å². The van der Waals surface area contributed by atoms with Crippen molar-refractivity contribution in [1.29, 1.82) is 0 Å². The first-order valence-corrected chi connectivity index (χ1v) is 6.95. The zero-order chi connectivity index (χ0) is 15.3. The van der Waals surface area contributed by atoms with Crippen molar-refractivity contribution >= 4 is 11.6 Å². The van der Waals surface area contributed by atoms with E-state index in [4.69, 9.17) is 9.47 Å². The Balaban J connectivity index is 2.29. The first-order valence-electron chi connectivity index (χ1n) is 6.95. The molecule has 0 bridgehead atoms. The smallest absolute Gasteiger partial charge is 0.200 e. The molecule has 0 aliphatic heterocycles. The molecule has 0 fully saturated rings. The van der Waals surface area contributed by atoms with Crippen LogP contribution in [0.25, 0.3) is 0 Å². The Morgan fingerprint density at radius 2 is 1.48 bits per heavy atom. The summed E-state index contributed by atoms with van der Waals surface area (Å²) < 4.78 is 11.1. The van der Waals surface area contributed by atoms with Gasteiger partial charge in [0.05, 0.1) is 12.8 Å². The monoisotopic (exact) mass is 283 g/mol. The summed E-state index contributed by atoms with van der Waals surface area (Å²) in [6, 6.07) is 17.3. The van der Waals surface area contributed by atoms with Crippen LogP contribution < -0.4 is 9.47 Å². The van der Waals surface area contributed by atoms with Crippen LogP contribution in [-0.4, -0.2) is 13.0 Å². The van der Waals surface area contributed by atoms with Crippen LogP contribution in [0.1, 0.15) is 20.8 Å². The third-order valence-corrected chi connectivity index (χ3v) is 2.90. The number of benzene rings is 2. The molecular formula is C18H21NO2. The van der Waals surface area contributed by atoms with E-state index in [-0.39, 0.29) is 5.41 Å². The van der Waals surface area contributed by atoms with E-state index in [0.29, 0.717) is 5.90 Å². The first kappa shape index (κ1) is 15.1. The lowest BCUT2D eigenvalue weighted by Gasteiger charge is -2.21. The van der Waals surface area contributed by atoms with Crippen LogP contribution in [0.5, 0.6) is 11.5 Å². The third-order valence-electron chi connectivity index (χ3n) is 2.90. The molecule has 0 aliphatic rings. The summed E-state index contributed by atoms with van der Waals surface area (Å²) in [6.07, 6.45) is 0. The van der Waals surface area contributed by atoms with Gasteiger partial charge in [-0.3, -0.25) is 0 Å². The molecule has 2 aromatic rings. The van der Waals surface area contributed by atoms with Crippen molar-refractivity contribution in [2.45, 2.75) is 20.8 Å². The molecule has 0 amide bonds. The molecule has 3 heteroatoms. The highest BCUT2D eigenvalue weighted by Crippen LogP contribution is 2.25. The molecule has 0 heterocycles. The second-order valence-corrected chi connectivity index (χ2v) is 5.78. The molecule has 110 valence electrons. The fraction of sp³-hybridized carbons (Fsp3) is 0.278. The predicted octanol–water partition coefficient (Wildman–Crippen LogP) is 4.85. The van der Waals surface area contributed by atoms with E-state index < -0.39 is 0 Å². The molecule has 2 rings (SSSR count). The van der Waals surface area contributed by atoms with Gasteiger partial charge < -0.3 is 9.47 Å². The Morgan fingerprint density at radius 1 is 0.857 bits per heavy atom. The van der Waals surface area contributed by atoms with Gasteiger partial charge in [-0.25, -0.2) is 4.99 Å². The second kappa shape index (κ2) is 6.44. The number of methoxy groups -OCH3 is 1. The molecule has 0 spiro atoms. The lowest BCUT2D eigenvalue weighted by atomic mass is 9.96. The summed E-state index contributed by atoms with van der Waals surface area (Å²) >= 11 is 0. The van der Waals surface area contributed by atoms with Gasteiger partial charge in [0.2, 0.25) is 5.90 Å². The minimum atomic E-state index is -0.185. The van der Waals surface area contributed by atoms with Crippen LogP contribution in [0, 0.1) is 5.41 Å². The minimum Gasteiger partial charge on any atom is -0.497 e. The van der Waals surface area contributed by atoms with Crippen molar-refractivity contribution in [3.63, 3.8) is 0 Å². The van der Waals surface area contributed by atoms with E-state index >= 15 is 0 Å². The van der Waals surface area contributed by atoms with Gasteiger partial charge in [0.25, 0.3) is 0 Å². The van der Waals surface area contributed by atoms with Gasteiger partial charge in [0, 0.05) is 5.41 Å². The Kier molecular flexibility index (Phi) is 4.63. The van der Waals surface area contributed by atoms with Gasteiger partial charge in [-0.1, -0.05) is 39.0 Å².